The van der Waals surface area contributed by atoms with Crippen molar-refractivity contribution in [3.8, 4) is 0 Å². The van der Waals surface area contributed by atoms with Crippen LogP contribution in [-0.4, -0.2) is 35.5 Å². The first kappa shape index (κ1) is 14.8. The molecule has 2 atom stereocenters. The first-order valence-corrected chi connectivity index (χ1v) is 7.56. The highest BCUT2D eigenvalue weighted by Crippen LogP contribution is 2.23. The van der Waals surface area contributed by atoms with Crippen LogP contribution in [0.4, 0.5) is 4.39 Å². The van der Waals surface area contributed by atoms with E-state index in [9.17, 15) is 14.0 Å². The van der Waals surface area contributed by atoms with Gasteiger partial charge in [-0.1, -0.05) is 30.4 Å². The van der Waals surface area contributed by atoms with Crippen molar-refractivity contribution in [2.24, 2.45) is 5.73 Å². The minimum Gasteiger partial charge on any atom is -0.368 e. The largest absolute Gasteiger partial charge is 0.368 e. The Labute approximate surface area is 128 Å². The van der Waals surface area contributed by atoms with Crippen molar-refractivity contribution >= 4 is 17.9 Å². The highest BCUT2D eigenvalue weighted by atomic mass is 19.1. The molecular formula is C17H19FN2O2. The lowest BCUT2D eigenvalue weighted by Crippen LogP contribution is -2.43. The summed E-state index contributed by atoms with van der Waals surface area (Å²) >= 11 is 0. The Morgan fingerprint density at radius 2 is 2.18 bits per heavy atom. The number of hydrogen-bond donors (Lipinski definition) is 1. The van der Waals surface area contributed by atoms with Gasteiger partial charge in [-0.15, -0.1) is 0 Å². The summed E-state index contributed by atoms with van der Waals surface area (Å²) in [6, 6.07) is 5.38. The number of benzene rings is 1. The van der Waals surface area contributed by atoms with Crippen molar-refractivity contribution in [3.63, 3.8) is 0 Å². The molecular weight excluding hydrogens is 283 g/mol. The SMILES string of the molecule is NC(=O)[C@@H]1C[C@@H](F)CN1C(=O)CCc1ccc2c(c1)C=CC2. The van der Waals surface area contributed by atoms with Crippen LogP contribution in [0, 0.1) is 0 Å². The Morgan fingerprint density at radius 1 is 1.36 bits per heavy atom. The highest BCUT2D eigenvalue weighted by Gasteiger charge is 2.38. The Hall–Kier alpha value is -2.17. The summed E-state index contributed by atoms with van der Waals surface area (Å²) in [5.41, 5.74) is 8.82. The molecule has 0 aromatic heterocycles. The summed E-state index contributed by atoms with van der Waals surface area (Å²) in [6.45, 7) is -0.0284. The van der Waals surface area contributed by atoms with Crippen LogP contribution in [0.1, 0.15) is 29.5 Å². The Balaban J connectivity index is 1.62. The lowest BCUT2D eigenvalue weighted by Gasteiger charge is -2.21. The molecule has 22 heavy (non-hydrogen) atoms. The third-order valence-electron chi connectivity index (χ3n) is 4.37. The number of aryl methyl sites for hydroxylation is 1. The monoisotopic (exact) mass is 302 g/mol. The maximum Gasteiger partial charge on any atom is 0.240 e. The highest BCUT2D eigenvalue weighted by molar-refractivity contribution is 5.87. The smallest absolute Gasteiger partial charge is 0.240 e. The van der Waals surface area contributed by atoms with Gasteiger partial charge < -0.3 is 10.6 Å². The molecule has 5 heteroatoms. The van der Waals surface area contributed by atoms with Gasteiger partial charge in [0.05, 0.1) is 6.54 Å². The number of amides is 2. The van der Waals surface area contributed by atoms with Crippen molar-refractivity contribution in [1.82, 2.24) is 4.90 Å². The first-order chi connectivity index (χ1) is 10.5. The zero-order valence-corrected chi connectivity index (χ0v) is 12.3. The fourth-order valence-corrected chi connectivity index (χ4v) is 3.18. The molecule has 1 aliphatic heterocycles. The quantitative estimate of drug-likeness (QED) is 0.918. The van der Waals surface area contributed by atoms with E-state index in [-0.39, 0.29) is 25.3 Å². The van der Waals surface area contributed by atoms with Gasteiger partial charge in [0.2, 0.25) is 11.8 Å². The van der Waals surface area contributed by atoms with Crippen LogP contribution >= 0.6 is 0 Å². The normalized spacial score (nSPS) is 22.9. The minimum atomic E-state index is -1.16. The van der Waals surface area contributed by atoms with Gasteiger partial charge in [-0.05, 0) is 29.5 Å². The minimum absolute atomic E-state index is 0.0186. The van der Waals surface area contributed by atoms with Crippen LogP contribution in [0.15, 0.2) is 24.3 Å². The average molecular weight is 302 g/mol. The van der Waals surface area contributed by atoms with Gasteiger partial charge in [0, 0.05) is 12.8 Å². The van der Waals surface area contributed by atoms with Crippen molar-refractivity contribution in [3.05, 3.63) is 41.0 Å². The molecule has 2 amide bonds. The Kier molecular flexibility index (Phi) is 3.96. The van der Waals surface area contributed by atoms with E-state index in [2.05, 4.69) is 24.3 Å². The zero-order chi connectivity index (χ0) is 15.7. The molecule has 0 unspecified atom stereocenters. The number of nitrogens with two attached hydrogens (primary N) is 1. The molecule has 1 aliphatic carbocycles. The van der Waals surface area contributed by atoms with Crippen molar-refractivity contribution < 1.29 is 14.0 Å². The molecule has 4 nitrogen and oxygen atoms in total. The van der Waals surface area contributed by atoms with Gasteiger partial charge in [-0.2, -0.15) is 0 Å². The maximum atomic E-state index is 13.4. The van der Waals surface area contributed by atoms with E-state index in [0.717, 1.165) is 12.0 Å². The van der Waals surface area contributed by atoms with E-state index < -0.39 is 18.1 Å². The second kappa shape index (κ2) is 5.91. The van der Waals surface area contributed by atoms with E-state index >= 15 is 0 Å². The fourth-order valence-electron chi connectivity index (χ4n) is 3.18. The number of rotatable bonds is 4. The molecule has 0 spiro atoms. The van der Waals surface area contributed by atoms with E-state index in [1.807, 2.05) is 6.07 Å². The molecule has 3 rings (SSSR count). The van der Waals surface area contributed by atoms with Gasteiger partial charge in [0.1, 0.15) is 12.2 Å². The van der Waals surface area contributed by atoms with Crippen LogP contribution in [0.5, 0.6) is 0 Å². The third-order valence-corrected chi connectivity index (χ3v) is 4.37. The molecule has 1 aromatic rings. The van der Waals surface area contributed by atoms with Gasteiger partial charge in [-0.25, -0.2) is 4.39 Å². The number of allylic oxidation sites excluding steroid dienone is 1. The van der Waals surface area contributed by atoms with E-state index in [4.69, 9.17) is 5.73 Å². The predicted molar refractivity (Wildman–Crippen MR) is 81.7 cm³/mol. The number of likely N-dealkylation sites (tertiary alicyclic amines) is 1. The first-order valence-electron chi connectivity index (χ1n) is 7.56. The predicted octanol–water partition coefficient (Wildman–Crippen LogP) is 1.61. The van der Waals surface area contributed by atoms with Gasteiger partial charge in [0.15, 0.2) is 0 Å². The second-order valence-corrected chi connectivity index (χ2v) is 5.94. The summed E-state index contributed by atoms with van der Waals surface area (Å²) in [5, 5.41) is 0. The number of hydrogen-bond acceptors (Lipinski definition) is 2. The number of carbonyl (C=O) groups excluding carboxylic acids is 2. The topological polar surface area (TPSA) is 63.4 Å². The molecule has 1 aromatic carbocycles. The van der Waals surface area contributed by atoms with Gasteiger partial charge in [-0.3, -0.25) is 9.59 Å². The summed E-state index contributed by atoms with van der Waals surface area (Å²) < 4.78 is 13.4. The van der Waals surface area contributed by atoms with Crippen LogP contribution in [0.3, 0.4) is 0 Å². The van der Waals surface area contributed by atoms with E-state index in [1.54, 1.807) is 0 Å². The number of nitrogens with zero attached hydrogens (tertiary/aromatic N) is 1. The van der Waals surface area contributed by atoms with Crippen LogP contribution < -0.4 is 5.73 Å². The molecule has 2 N–H and O–H groups in total. The van der Waals surface area contributed by atoms with E-state index in [0.29, 0.717) is 6.42 Å². The number of alkyl halides is 1. The molecule has 0 radical (unpaired) electrons. The molecule has 1 saturated heterocycles. The molecule has 1 heterocycles. The standard InChI is InChI=1S/C17H19FN2O2/c18-14-9-15(17(19)22)20(10-14)16(21)7-5-11-4-6-12-2-1-3-13(12)8-11/h1,3-4,6,8,14-15H,2,5,7,9-10H2,(H2,19,22)/t14-,15+/m1/s1. The van der Waals surface area contributed by atoms with Crippen LogP contribution in [-0.2, 0) is 22.4 Å². The lowest BCUT2D eigenvalue weighted by molar-refractivity contribution is -0.137. The molecule has 0 saturated carbocycles. The number of primary amides is 1. The Bertz CT molecular complexity index is 642. The molecule has 2 aliphatic rings. The maximum absolute atomic E-state index is 13.4. The van der Waals surface area contributed by atoms with Crippen LogP contribution in [0.25, 0.3) is 6.08 Å². The summed E-state index contributed by atoms with van der Waals surface area (Å²) in [4.78, 5) is 24.9. The number of fused-ring (bicyclic) bond motifs is 1. The molecule has 116 valence electrons. The van der Waals surface area contributed by atoms with Crippen LogP contribution in [0.2, 0.25) is 0 Å². The van der Waals surface area contributed by atoms with Crippen molar-refractivity contribution in [2.45, 2.75) is 37.9 Å². The summed E-state index contributed by atoms with van der Waals surface area (Å²) in [5.74, 6) is -0.837. The zero-order valence-electron chi connectivity index (χ0n) is 12.3. The van der Waals surface area contributed by atoms with Crippen molar-refractivity contribution in [1.29, 1.82) is 0 Å². The summed E-state index contributed by atoms with van der Waals surface area (Å²) in [7, 11) is 0. The fraction of sp³-hybridized carbons (Fsp3) is 0.412. The lowest BCUT2D eigenvalue weighted by atomic mass is 10.0. The second-order valence-electron chi connectivity index (χ2n) is 5.94. The van der Waals surface area contributed by atoms with E-state index in [1.165, 1.54) is 16.0 Å². The average Bonchev–Trinajstić information content (AvgIpc) is 3.10. The van der Waals surface area contributed by atoms with Gasteiger partial charge >= 0.3 is 0 Å². The third kappa shape index (κ3) is 2.89. The van der Waals surface area contributed by atoms with Crippen molar-refractivity contribution in [2.75, 3.05) is 6.54 Å². The molecule has 0 bridgehead atoms. The number of halogens is 1. The van der Waals surface area contributed by atoms with Gasteiger partial charge in [0.25, 0.3) is 0 Å². The summed E-state index contributed by atoms with van der Waals surface area (Å²) in [6.07, 6.45) is 4.86. The number of carbonyl (C=O) groups is 2. The molecule has 1 fully saturated rings. The Morgan fingerprint density at radius 3 is 2.95 bits per heavy atom.